The Morgan fingerprint density at radius 1 is 0.825 bits per heavy atom. The standard InChI is InChI=1S/C51H86N2O10/c1-12-14-15-16-17-18-19-20-21-22-23-24-25-26-27-28-29-30-31-32-43(54)53(11)41-33-37(4)61-49(45(41)56)63-47-38(5)44(55)39(6)48(58)62-42(13-2)51(9,60)46(57)40(7)52(10)35-36(3)34-50(47,8)59/h14-15,17-18,20-21,23-24,26-27,29-30,36-42,44-47,49,55-57,59-60H,12-13,16,19,22,25,28,31-35H2,1-11H3/b15-14-,18-17-,21-20-,24-23-,27-26-,30-29-/t36-,37-,38-,39-,40-,41+,42-,44+,45-,46-,47-,49+,50-,51-/m1/s1. The van der Waals surface area contributed by atoms with E-state index < -0.39 is 84.0 Å². The van der Waals surface area contributed by atoms with Crippen LogP contribution in [0.1, 0.15) is 133 Å². The highest BCUT2D eigenvalue weighted by atomic mass is 16.7. The lowest BCUT2D eigenvalue weighted by Crippen LogP contribution is -2.60. The zero-order valence-corrected chi connectivity index (χ0v) is 40.5. The van der Waals surface area contributed by atoms with E-state index in [0.29, 0.717) is 19.4 Å². The fourth-order valence-corrected chi connectivity index (χ4v) is 8.82. The molecule has 14 atom stereocenters. The zero-order valence-electron chi connectivity index (χ0n) is 40.5. The smallest absolute Gasteiger partial charge is 0.311 e. The molecule has 0 spiro atoms. The molecule has 0 aromatic heterocycles. The van der Waals surface area contributed by atoms with Crippen molar-refractivity contribution in [3.05, 3.63) is 72.9 Å². The third kappa shape index (κ3) is 18.1. The number of hydrogen-bond donors (Lipinski definition) is 5. The molecule has 2 rings (SSSR count). The van der Waals surface area contributed by atoms with Crippen molar-refractivity contribution < 1.29 is 49.3 Å². The average molecular weight is 887 g/mol. The van der Waals surface area contributed by atoms with E-state index in [1.54, 1.807) is 39.6 Å². The maximum atomic E-state index is 13.5. The van der Waals surface area contributed by atoms with Gasteiger partial charge in [0.05, 0.1) is 35.9 Å². The van der Waals surface area contributed by atoms with Crippen molar-refractivity contribution in [2.24, 2.45) is 17.8 Å². The van der Waals surface area contributed by atoms with Gasteiger partial charge in [0.1, 0.15) is 23.9 Å². The second-order valence-electron chi connectivity index (χ2n) is 18.6. The van der Waals surface area contributed by atoms with Gasteiger partial charge in [0.15, 0.2) is 6.29 Å². The summed E-state index contributed by atoms with van der Waals surface area (Å²) in [4.78, 5) is 30.4. The Bertz CT molecular complexity index is 1520. The molecule has 0 aromatic rings. The van der Waals surface area contributed by atoms with E-state index in [0.717, 1.165) is 38.5 Å². The van der Waals surface area contributed by atoms with Crippen molar-refractivity contribution in [1.29, 1.82) is 0 Å². The molecular formula is C51H86N2O10. The summed E-state index contributed by atoms with van der Waals surface area (Å²) in [7, 11) is 3.49. The Balaban J connectivity index is 2.08. The summed E-state index contributed by atoms with van der Waals surface area (Å²) in [6, 6.07) is -1.19. The maximum absolute atomic E-state index is 13.5. The summed E-state index contributed by atoms with van der Waals surface area (Å²) in [6.07, 6.45) is 25.0. The maximum Gasteiger partial charge on any atom is 0.311 e. The van der Waals surface area contributed by atoms with Crippen molar-refractivity contribution in [2.75, 3.05) is 20.6 Å². The average Bonchev–Trinajstić information content (AvgIpc) is 3.23. The van der Waals surface area contributed by atoms with Crippen LogP contribution in [-0.2, 0) is 23.8 Å². The zero-order chi connectivity index (χ0) is 47.3. The summed E-state index contributed by atoms with van der Waals surface area (Å²) < 4.78 is 18.5. The van der Waals surface area contributed by atoms with Gasteiger partial charge in [-0.1, -0.05) is 101 Å². The fraction of sp³-hybridized carbons (Fsp3) is 0.725. The minimum atomic E-state index is -1.79. The third-order valence-corrected chi connectivity index (χ3v) is 12.8. The first-order valence-corrected chi connectivity index (χ1v) is 23.6. The number of rotatable bonds is 18. The molecule has 2 fully saturated rings. The Hall–Kier alpha value is -2.94. The molecule has 2 aliphatic rings. The lowest BCUT2D eigenvalue weighted by molar-refractivity contribution is -0.299. The summed E-state index contributed by atoms with van der Waals surface area (Å²) in [5.74, 6) is -3.07. The molecule has 12 nitrogen and oxygen atoms in total. The summed E-state index contributed by atoms with van der Waals surface area (Å²) in [6.45, 7) is 16.1. The third-order valence-electron chi connectivity index (χ3n) is 12.8. The summed E-state index contributed by atoms with van der Waals surface area (Å²) in [5, 5.41) is 58.5. The number of esters is 1. The van der Waals surface area contributed by atoms with Gasteiger partial charge in [0, 0.05) is 32.0 Å². The molecule has 12 heteroatoms. The van der Waals surface area contributed by atoms with Gasteiger partial charge in [-0.25, -0.2) is 0 Å². The molecule has 0 bridgehead atoms. The molecule has 2 aliphatic heterocycles. The summed E-state index contributed by atoms with van der Waals surface area (Å²) >= 11 is 0. The lowest BCUT2D eigenvalue weighted by Gasteiger charge is -2.47. The van der Waals surface area contributed by atoms with Gasteiger partial charge in [0.25, 0.3) is 0 Å². The van der Waals surface area contributed by atoms with Crippen molar-refractivity contribution in [3.63, 3.8) is 0 Å². The molecule has 1 amide bonds. The van der Waals surface area contributed by atoms with Gasteiger partial charge in [0.2, 0.25) is 5.91 Å². The van der Waals surface area contributed by atoms with Crippen LogP contribution in [0.25, 0.3) is 0 Å². The van der Waals surface area contributed by atoms with Gasteiger partial charge in [-0.15, -0.1) is 0 Å². The topological polar surface area (TPSA) is 169 Å². The molecule has 5 N–H and O–H groups in total. The van der Waals surface area contributed by atoms with E-state index in [4.69, 9.17) is 14.2 Å². The van der Waals surface area contributed by atoms with Crippen LogP contribution < -0.4 is 0 Å². The normalized spacial score (nSPS) is 36.2. The van der Waals surface area contributed by atoms with Crippen LogP contribution in [0, 0.1) is 17.8 Å². The predicted octanol–water partition coefficient (Wildman–Crippen LogP) is 7.35. The molecule has 2 heterocycles. The number of likely N-dealkylation sites (N-methyl/N-ethyl adjacent to an activating group) is 2. The van der Waals surface area contributed by atoms with E-state index in [-0.39, 0.29) is 31.1 Å². The van der Waals surface area contributed by atoms with Gasteiger partial charge < -0.3 is 49.5 Å². The van der Waals surface area contributed by atoms with Crippen molar-refractivity contribution in [1.82, 2.24) is 9.80 Å². The Kier molecular flexibility index (Phi) is 25.1. The molecule has 63 heavy (non-hydrogen) atoms. The monoisotopic (exact) mass is 887 g/mol. The minimum absolute atomic E-state index is 0.134. The highest BCUT2D eigenvalue weighted by Gasteiger charge is 2.50. The van der Waals surface area contributed by atoms with E-state index in [1.165, 1.54) is 13.8 Å². The number of ether oxygens (including phenoxy) is 3. The number of carbonyl (C=O) groups excluding carboxylic acids is 2. The number of carbonyl (C=O) groups is 2. The minimum Gasteiger partial charge on any atom is -0.459 e. The van der Waals surface area contributed by atoms with Crippen molar-refractivity contribution in [2.45, 2.75) is 199 Å². The first-order valence-electron chi connectivity index (χ1n) is 23.6. The van der Waals surface area contributed by atoms with Gasteiger partial charge in [-0.2, -0.15) is 0 Å². The largest absolute Gasteiger partial charge is 0.459 e. The highest BCUT2D eigenvalue weighted by Crippen LogP contribution is 2.37. The fourth-order valence-electron chi connectivity index (χ4n) is 8.82. The predicted molar refractivity (Wildman–Crippen MR) is 251 cm³/mol. The van der Waals surface area contributed by atoms with Gasteiger partial charge in [-0.05, 0) is 112 Å². The quantitative estimate of drug-likeness (QED) is 0.0690. The van der Waals surface area contributed by atoms with Crippen LogP contribution >= 0.6 is 0 Å². The number of aliphatic hydroxyl groups is 5. The number of allylic oxidation sites excluding steroid dienone is 12. The molecule has 0 aromatic carbocycles. The number of cyclic esters (lactones) is 1. The van der Waals surface area contributed by atoms with Crippen LogP contribution in [0.3, 0.4) is 0 Å². The lowest BCUT2D eigenvalue weighted by atomic mass is 9.78. The van der Waals surface area contributed by atoms with Crippen LogP contribution in [0.15, 0.2) is 72.9 Å². The number of aliphatic hydroxyl groups excluding tert-OH is 3. The van der Waals surface area contributed by atoms with Crippen LogP contribution in [0.5, 0.6) is 0 Å². The number of nitrogens with zero attached hydrogens (tertiary/aromatic N) is 2. The molecule has 0 unspecified atom stereocenters. The first kappa shape index (κ1) is 56.2. The SMILES string of the molecule is CC/C=C\C/C=C\C/C=C\C/C=C\C/C=C\C/C=C\CCC(=O)N(C)[C@H]1C[C@@H](C)O[C@@H](O[C@@H]2[C@H](C)[C@H](O)[C@@H](C)C(=O)O[C@H](CC)[C@@](C)(O)[C@H](O)[C@@H](C)N(C)C[C@H](C)C[C@@]2(C)O)[C@@H]1O. The van der Waals surface area contributed by atoms with Crippen LogP contribution in [0.4, 0.5) is 0 Å². The van der Waals surface area contributed by atoms with E-state index in [9.17, 15) is 35.1 Å². The second-order valence-corrected chi connectivity index (χ2v) is 18.6. The second kappa shape index (κ2) is 28.2. The Morgan fingerprint density at radius 3 is 1.84 bits per heavy atom. The van der Waals surface area contributed by atoms with E-state index in [2.05, 4.69) is 67.7 Å². The molecule has 2 saturated heterocycles. The van der Waals surface area contributed by atoms with Gasteiger partial charge in [-0.3, -0.25) is 9.59 Å². The number of amides is 1. The molecule has 0 radical (unpaired) electrons. The summed E-state index contributed by atoms with van der Waals surface area (Å²) in [5.41, 5.74) is -3.40. The number of hydrogen-bond acceptors (Lipinski definition) is 11. The Labute approximate surface area is 380 Å². The van der Waals surface area contributed by atoms with Crippen molar-refractivity contribution >= 4 is 11.9 Å². The Morgan fingerprint density at radius 2 is 1.33 bits per heavy atom. The molecular weight excluding hydrogens is 801 g/mol. The highest BCUT2D eigenvalue weighted by molar-refractivity contribution is 5.76. The van der Waals surface area contributed by atoms with Gasteiger partial charge >= 0.3 is 5.97 Å². The molecule has 360 valence electrons. The van der Waals surface area contributed by atoms with E-state index in [1.807, 2.05) is 37.9 Å². The van der Waals surface area contributed by atoms with Crippen LogP contribution in [-0.4, -0.2) is 134 Å². The molecule has 0 aliphatic carbocycles. The van der Waals surface area contributed by atoms with Crippen LogP contribution in [0.2, 0.25) is 0 Å². The van der Waals surface area contributed by atoms with Crippen molar-refractivity contribution in [3.8, 4) is 0 Å². The molecule has 0 saturated carbocycles. The van der Waals surface area contributed by atoms with E-state index >= 15 is 0 Å². The first-order chi connectivity index (χ1) is 29.7.